The molecule has 0 unspecified atom stereocenters. The average Bonchev–Trinajstić information content (AvgIpc) is 2.98. The summed E-state index contributed by atoms with van der Waals surface area (Å²) in [6, 6.07) is 15.6. The molecule has 216 valence electrons. The molecule has 6 rings (SSSR count). The number of piperazine rings is 1. The molecule has 0 atom stereocenters. The third kappa shape index (κ3) is 5.39. The molecular formula is C29H26F2N6O4S. The number of hydrogen-bond acceptors (Lipinski definition) is 8. The second-order valence-electron chi connectivity index (χ2n) is 10.5. The molecule has 1 saturated heterocycles. The topological polar surface area (TPSA) is 134 Å². The minimum absolute atomic E-state index is 0.000977. The van der Waals surface area contributed by atoms with Gasteiger partial charge in [-0.25, -0.2) is 18.4 Å². The Morgan fingerprint density at radius 1 is 1.05 bits per heavy atom. The quantitative estimate of drug-likeness (QED) is 0.333. The summed E-state index contributed by atoms with van der Waals surface area (Å²) in [5.74, 6) is -3.52. The maximum atomic E-state index is 12.9. The van der Waals surface area contributed by atoms with Crippen molar-refractivity contribution in [2.75, 3.05) is 18.0 Å². The number of benzene rings is 1. The highest BCUT2D eigenvalue weighted by Gasteiger charge is 2.43. The smallest absolute Gasteiger partial charge is 0.341 e. The fraction of sp³-hybridized carbons (Fsp3) is 0.276. The summed E-state index contributed by atoms with van der Waals surface area (Å²) in [5.41, 5.74) is 2.15. The first kappa shape index (κ1) is 27.6. The molecule has 1 aliphatic heterocycles. The molecule has 1 aromatic carbocycles. The van der Waals surface area contributed by atoms with Gasteiger partial charge in [0.2, 0.25) is 15.7 Å². The lowest BCUT2D eigenvalue weighted by Gasteiger charge is -2.49. The van der Waals surface area contributed by atoms with Gasteiger partial charge in [0, 0.05) is 23.7 Å². The van der Waals surface area contributed by atoms with E-state index in [1.165, 1.54) is 12.1 Å². The van der Waals surface area contributed by atoms with Crippen LogP contribution in [0.4, 0.5) is 14.6 Å². The Kier molecular flexibility index (Phi) is 7.05. The summed E-state index contributed by atoms with van der Waals surface area (Å²) in [5, 5.41) is 6.54. The van der Waals surface area contributed by atoms with Gasteiger partial charge in [0.25, 0.3) is 5.91 Å². The normalized spacial score (nSPS) is 16.4. The molecule has 2 N–H and O–H groups in total. The van der Waals surface area contributed by atoms with Gasteiger partial charge in [-0.1, -0.05) is 12.1 Å². The predicted octanol–water partition coefficient (Wildman–Crippen LogP) is 3.48. The number of carbonyl (C=O) groups is 2. The predicted molar refractivity (Wildman–Crippen MR) is 151 cm³/mol. The van der Waals surface area contributed by atoms with Crippen molar-refractivity contribution in [1.82, 2.24) is 25.6 Å². The van der Waals surface area contributed by atoms with Gasteiger partial charge in [-0.3, -0.25) is 14.6 Å². The Bertz CT molecular complexity index is 1810. The molecule has 3 aromatic heterocycles. The molecule has 2 amide bonds. The van der Waals surface area contributed by atoms with Gasteiger partial charge in [-0.15, -0.1) is 0 Å². The van der Waals surface area contributed by atoms with E-state index in [1.54, 1.807) is 12.3 Å². The van der Waals surface area contributed by atoms with Crippen LogP contribution < -0.4 is 15.5 Å². The molecule has 10 nitrogen and oxygen atoms in total. The number of fused-ring (bicyclic) bond motifs is 1. The number of carbonyl (C=O) groups excluding carboxylic acids is 2. The lowest BCUT2D eigenvalue weighted by molar-refractivity contribution is -0.124. The molecule has 0 bridgehead atoms. The van der Waals surface area contributed by atoms with Crippen LogP contribution in [-0.2, 0) is 21.2 Å². The van der Waals surface area contributed by atoms with Crippen molar-refractivity contribution in [2.45, 2.75) is 42.0 Å². The lowest BCUT2D eigenvalue weighted by atomic mass is 9.75. The second-order valence-corrected chi connectivity index (χ2v) is 12.4. The Labute approximate surface area is 240 Å². The van der Waals surface area contributed by atoms with Gasteiger partial charge in [-0.2, -0.15) is 8.78 Å². The van der Waals surface area contributed by atoms with Crippen LogP contribution in [0.15, 0.2) is 71.8 Å². The van der Waals surface area contributed by atoms with Crippen molar-refractivity contribution in [3.8, 4) is 11.4 Å². The minimum atomic E-state index is -4.83. The third-order valence-electron chi connectivity index (χ3n) is 7.58. The largest absolute Gasteiger partial charge is 0.347 e. The van der Waals surface area contributed by atoms with Crippen molar-refractivity contribution in [1.29, 1.82) is 0 Å². The zero-order valence-corrected chi connectivity index (χ0v) is 23.1. The lowest BCUT2D eigenvalue weighted by Crippen LogP contribution is -2.66. The maximum Gasteiger partial charge on any atom is 0.341 e. The Morgan fingerprint density at radius 2 is 1.83 bits per heavy atom. The van der Waals surface area contributed by atoms with Crippen LogP contribution in [0.1, 0.15) is 35.3 Å². The summed E-state index contributed by atoms with van der Waals surface area (Å²) >= 11 is 0. The molecule has 13 heteroatoms. The molecule has 4 heterocycles. The average molecular weight is 593 g/mol. The van der Waals surface area contributed by atoms with Crippen LogP contribution in [0.5, 0.6) is 0 Å². The van der Waals surface area contributed by atoms with E-state index in [0.717, 1.165) is 36.8 Å². The van der Waals surface area contributed by atoms with E-state index in [1.807, 2.05) is 35.2 Å². The van der Waals surface area contributed by atoms with E-state index >= 15 is 0 Å². The van der Waals surface area contributed by atoms with Crippen LogP contribution >= 0.6 is 0 Å². The third-order valence-corrected chi connectivity index (χ3v) is 8.96. The monoisotopic (exact) mass is 592 g/mol. The first-order chi connectivity index (χ1) is 20.1. The van der Waals surface area contributed by atoms with Gasteiger partial charge in [0.1, 0.15) is 5.82 Å². The molecular weight excluding hydrogens is 566 g/mol. The highest BCUT2D eigenvalue weighted by Crippen LogP contribution is 2.35. The van der Waals surface area contributed by atoms with Crippen molar-refractivity contribution in [2.24, 2.45) is 0 Å². The Hall–Kier alpha value is -4.52. The van der Waals surface area contributed by atoms with E-state index in [2.05, 4.69) is 15.6 Å². The first-order valence-corrected chi connectivity index (χ1v) is 14.9. The maximum absolute atomic E-state index is 12.9. The van der Waals surface area contributed by atoms with Gasteiger partial charge < -0.3 is 15.5 Å². The van der Waals surface area contributed by atoms with Gasteiger partial charge in [0.05, 0.1) is 46.1 Å². The summed E-state index contributed by atoms with van der Waals surface area (Å²) in [4.78, 5) is 40.3. The Balaban J connectivity index is 1.19. The number of rotatable bonds is 7. The van der Waals surface area contributed by atoms with Crippen LogP contribution in [-0.4, -0.2) is 59.6 Å². The molecule has 0 radical (unpaired) electrons. The van der Waals surface area contributed by atoms with Crippen molar-refractivity contribution in [3.05, 3.63) is 78.1 Å². The number of nitrogens with one attached hydrogen (secondary N) is 2. The van der Waals surface area contributed by atoms with Crippen LogP contribution in [0, 0.1) is 0 Å². The summed E-state index contributed by atoms with van der Waals surface area (Å²) < 4.78 is 49.4. The van der Waals surface area contributed by atoms with Crippen molar-refractivity contribution >= 4 is 38.4 Å². The standard InChI is InChI=1S/C29H26F2N6O4S/c30-28(31)42(40,41)21-5-1-4-18(12-21)27(39)33-15-20-13-24-19(14-32-20)8-9-23(34-24)22-6-2-7-25(35-22)37-16-26(38)36-29(17-37)10-3-11-29/h1-2,4-9,12-14,28H,3,10-11,15-17H2,(H,33,39)(H,36,38). The number of alkyl halides is 2. The summed E-state index contributed by atoms with van der Waals surface area (Å²) in [6.45, 7) is 0.961. The number of halogens is 2. The van der Waals surface area contributed by atoms with Crippen LogP contribution in [0.25, 0.3) is 22.3 Å². The minimum Gasteiger partial charge on any atom is -0.347 e. The molecule has 1 saturated carbocycles. The zero-order valence-electron chi connectivity index (χ0n) is 22.3. The van der Waals surface area contributed by atoms with Gasteiger partial charge in [0.15, 0.2) is 0 Å². The van der Waals surface area contributed by atoms with E-state index in [4.69, 9.17) is 9.97 Å². The molecule has 4 aromatic rings. The number of hydrogen-bond donors (Lipinski definition) is 2. The van der Waals surface area contributed by atoms with Gasteiger partial charge >= 0.3 is 5.76 Å². The number of anilines is 1. The highest BCUT2D eigenvalue weighted by molar-refractivity contribution is 7.91. The fourth-order valence-electron chi connectivity index (χ4n) is 5.25. The number of nitrogens with zero attached hydrogens (tertiary/aromatic N) is 4. The first-order valence-electron chi connectivity index (χ1n) is 13.3. The zero-order chi connectivity index (χ0) is 29.5. The van der Waals surface area contributed by atoms with E-state index < -0.39 is 26.4 Å². The second kappa shape index (κ2) is 10.7. The summed E-state index contributed by atoms with van der Waals surface area (Å²) in [7, 11) is -4.83. The van der Waals surface area contributed by atoms with Crippen molar-refractivity contribution in [3.63, 3.8) is 0 Å². The SMILES string of the molecule is O=C1CN(c2cccc(-c3ccc4cnc(CNC(=O)c5cccc(S(=O)(=O)C(F)F)c5)cc4n3)n2)CC2(CCC2)N1. The number of amides is 2. The highest BCUT2D eigenvalue weighted by atomic mass is 32.2. The number of pyridine rings is 3. The number of sulfone groups is 1. The molecule has 42 heavy (non-hydrogen) atoms. The molecule has 2 aliphatic rings. The van der Waals surface area contributed by atoms with Crippen LogP contribution in [0.3, 0.4) is 0 Å². The van der Waals surface area contributed by atoms with Crippen LogP contribution in [0.2, 0.25) is 0 Å². The van der Waals surface area contributed by atoms with Gasteiger partial charge in [-0.05, 0) is 67.8 Å². The molecule has 2 fully saturated rings. The Morgan fingerprint density at radius 3 is 2.60 bits per heavy atom. The molecule has 1 aliphatic carbocycles. The number of aromatic nitrogens is 3. The fourth-order valence-corrected chi connectivity index (χ4v) is 6.01. The van der Waals surface area contributed by atoms with Crippen molar-refractivity contribution < 1.29 is 26.8 Å². The van der Waals surface area contributed by atoms with E-state index in [-0.39, 0.29) is 30.1 Å². The summed E-state index contributed by atoms with van der Waals surface area (Å²) in [6.07, 6.45) is 4.65. The van der Waals surface area contributed by atoms with E-state index in [9.17, 15) is 26.8 Å². The van der Waals surface area contributed by atoms with E-state index in [0.29, 0.717) is 35.0 Å². The molecule has 1 spiro atoms.